The predicted octanol–water partition coefficient (Wildman–Crippen LogP) is 2.31. The van der Waals surface area contributed by atoms with E-state index < -0.39 is 0 Å². The number of anilines is 3. The largest absolute Gasteiger partial charge is 0.354 e. The first-order valence-corrected chi connectivity index (χ1v) is 8.42. The number of nitrogens with one attached hydrogen (secondary N) is 2. The van der Waals surface area contributed by atoms with E-state index in [0.717, 1.165) is 25.1 Å². The fraction of sp³-hybridized carbons (Fsp3) is 0.769. The molecule has 0 aromatic carbocycles. The summed E-state index contributed by atoms with van der Waals surface area (Å²) in [5.41, 5.74) is 0. The van der Waals surface area contributed by atoms with E-state index in [4.69, 9.17) is 0 Å². The standard InChI is InChI=1S/C13H26N6S/c1-6-8-14-11-16-12(15-10(7-2)9-20-5)18-13(17-11)19(3)4/h10H,6-9H2,1-5H3,(H2,14,15,16,17,18). The average molecular weight is 298 g/mol. The molecule has 1 rings (SSSR count). The van der Waals surface area contributed by atoms with Gasteiger partial charge in [0.1, 0.15) is 0 Å². The van der Waals surface area contributed by atoms with Gasteiger partial charge < -0.3 is 15.5 Å². The third kappa shape index (κ3) is 5.40. The second-order valence-corrected chi connectivity index (χ2v) is 5.72. The Bertz CT molecular complexity index is 398. The Morgan fingerprint density at radius 3 is 2.40 bits per heavy atom. The summed E-state index contributed by atoms with van der Waals surface area (Å²) in [6.45, 7) is 5.14. The predicted molar refractivity (Wildman–Crippen MR) is 89.0 cm³/mol. The summed E-state index contributed by atoms with van der Waals surface area (Å²) in [4.78, 5) is 15.2. The van der Waals surface area contributed by atoms with Crippen LogP contribution in [0.1, 0.15) is 26.7 Å². The zero-order valence-electron chi connectivity index (χ0n) is 13.1. The quantitative estimate of drug-likeness (QED) is 0.725. The van der Waals surface area contributed by atoms with Crippen molar-refractivity contribution in [3.8, 4) is 0 Å². The highest BCUT2D eigenvalue weighted by molar-refractivity contribution is 7.98. The van der Waals surface area contributed by atoms with Crippen LogP contribution in [-0.4, -0.2) is 53.6 Å². The van der Waals surface area contributed by atoms with Crippen LogP contribution in [0.5, 0.6) is 0 Å². The van der Waals surface area contributed by atoms with Gasteiger partial charge in [0.2, 0.25) is 17.8 Å². The molecule has 0 aliphatic rings. The summed E-state index contributed by atoms with van der Waals surface area (Å²) in [5, 5.41) is 6.61. The number of hydrogen-bond acceptors (Lipinski definition) is 7. The van der Waals surface area contributed by atoms with Crippen LogP contribution >= 0.6 is 11.8 Å². The second-order valence-electron chi connectivity index (χ2n) is 4.81. The van der Waals surface area contributed by atoms with Crippen molar-refractivity contribution in [2.45, 2.75) is 32.7 Å². The van der Waals surface area contributed by atoms with Crippen LogP contribution in [0.25, 0.3) is 0 Å². The maximum atomic E-state index is 4.45. The second kappa shape index (κ2) is 8.84. The first-order valence-electron chi connectivity index (χ1n) is 7.03. The fourth-order valence-electron chi connectivity index (χ4n) is 1.59. The molecule has 7 heteroatoms. The van der Waals surface area contributed by atoms with Gasteiger partial charge in [0, 0.05) is 32.4 Å². The van der Waals surface area contributed by atoms with Gasteiger partial charge in [0.05, 0.1) is 0 Å². The fourth-order valence-corrected chi connectivity index (χ4v) is 2.31. The molecule has 0 bridgehead atoms. The maximum absolute atomic E-state index is 4.45. The summed E-state index contributed by atoms with van der Waals surface area (Å²) in [5.74, 6) is 2.98. The maximum Gasteiger partial charge on any atom is 0.231 e. The van der Waals surface area contributed by atoms with Crippen molar-refractivity contribution in [3.05, 3.63) is 0 Å². The number of rotatable bonds is 9. The summed E-state index contributed by atoms with van der Waals surface area (Å²) in [7, 11) is 3.86. The van der Waals surface area contributed by atoms with Crippen LogP contribution in [0, 0.1) is 0 Å². The Balaban J connectivity index is 2.89. The lowest BCUT2D eigenvalue weighted by molar-refractivity contribution is 0.759. The molecule has 1 atom stereocenters. The van der Waals surface area contributed by atoms with E-state index in [1.165, 1.54) is 0 Å². The van der Waals surface area contributed by atoms with Crippen molar-refractivity contribution < 1.29 is 0 Å². The van der Waals surface area contributed by atoms with Crippen LogP contribution < -0.4 is 15.5 Å². The van der Waals surface area contributed by atoms with Crippen LogP contribution in [0.3, 0.4) is 0 Å². The molecule has 1 unspecified atom stereocenters. The molecular formula is C13H26N6S. The Morgan fingerprint density at radius 1 is 1.15 bits per heavy atom. The number of aromatic nitrogens is 3. The van der Waals surface area contributed by atoms with E-state index in [0.29, 0.717) is 23.9 Å². The number of nitrogens with zero attached hydrogens (tertiary/aromatic N) is 4. The molecule has 0 fully saturated rings. The third-order valence-corrected chi connectivity index (χ3v) is 3.49. The van der Waals surface area contributed by atoms with Crippen LogP contribution in [0.15, 0.2) is 0 Å². The van der Waals surface area contributed by atoms with E-state index >= 15 is 0 Å². The Morgan fingerprint density at radius 2 is 1.85 bits per heavy atom. The topological polar surface area (TPSA) is 66.0 Å². The normalized spacial score (nSPS) is 12.1. The van der Waals surface area contributed by atoms with Crippen molar-refractivity contribution in [1.82, 2.24) is 15.0 Å². The van der Waals surface area contributed by atoms with Gasteiger partial charge in [-0.25, -0.2) is 0 Å². The van der Waals surface area contributed by atoms with E-state index in [2.05, 4.69) is 45.7 Å². The average Bonchev–Trinajstić information content (AvgIpc) is 2.44. The summed E-state index contributed by atoms with van der Waals surface area (Å²) < 4.78 is 0. The molecule has 0 aliphatic carbocycles. The monoisotopic (exact) mass is 298 g/mol. The molecule has 20 heavy (non-hydrogen) atoms. The molecule has 0 aliphatic heterocycles. The lowest BCUT2D eigenvalue weighted by Crippen LogP contribution is -2.24. The van der Waals surface area contributed by atoms with Gasteiger partial charge in [0.15, 0.2) is 0 Å². The van der Waals surface area contributed by atoms with Crippen molar-refractivity contribution in [2.24, 2.45) is 0 Å². The molecule has 6 nitrogen and oxygen atoms in total. The molecule has 1 heterocycles. The molecule has 0 spiro atoms. The first kappa shape index (κ1) is 16.8. The minimum Gasteiger partial charge on any atom is -0.354 e. The molecule has 0 saturated carbocycles. The summed E-state index contributed by atoms with van der Waals surface area (Å²) in [6, 6.07) is 0.376. The van der Waals surface area contributed by atoms with Gasteiger partial charge in [-0.3, -0.25) is 0 Å². The highest BCUT2D eigenvalue weighted by atomic mass is 32.2. The van der Waals surface area contributed by atoms with Gasteiger partial charge in [-0.1, -0.05) is 13.8 Å². The number of hydrogen-bond donors (Lipinski definition) is 2. The van der Waals surface area contributed by atoms with Crippen molar-refractivity contribution in [1.29, 1.82) is 0 Å². The first-order chi connectivity index (χ1) is 9.60. The summed E-state index contributed by atoms with van der Waals surface area (Å²) in [6.07, 6.45) is 4.19. The minimum absolute atomic E-state index is 0.376. The highest BCUT2D eigenvalue weighted by Crippen LogP contribution is 2.14. The third-order valence-electron chi connectivity index (χ3n) is 2.75. The van der Waals surface area contributed by atoms with Gasteiger partial charge in [0.25, 0.3) is 0 Å². The molecule has 0 radical (unpaired) electrons. The Labute approximate surface area is 126 Å². The van der Waals surface area contributed by atoms with Gasteiger partial charge >= 0.3 is 0 Å². The molecule has 0 amide bonds. The molecule has 2 N–H and O–H groups in total. The van der Waals surface area contributed by atoms with E-state index in [1.54, 1.807) is 0 Å². The zero-order chi connectivity index (χ0) is 15.0. The lowest BCUT2D eigenvalue weighted by Gasteiger charge is -2.18. The highest BCUT2D eigenvalue weighted by Gasteiger charge is 2.11. The molecule has 0 saturated heterocycles. The number of thioether (sulfide) groups is 1. The molecule has 1 aromatic rings. The van der Waals surface area contributed by atoms with E-state index in [-0.39, 0.29) is 0 Å². The van der Waals surface area contributed by atoms with Gasteiger partial charge in [-0.15, -0.1) is 0 Å². The van der Waals surface area contributed by atoms with Crippen LogP contribution in [0.2, 0.25) is 0 Å². The van der Waals surface area contributed by atoms with Crippen LogP contribution in [0.4, 0.5) is 17.8 Å². The van der Waals surface area contributed by atoms with Crippen LogP contribution in [-0.2, 0) is 0 Å². The summed E-state index contributed by atoms with van der Waals surface area (Å²) >= 11 is 1.82. The van der Waals surface area contributed by atoms with E-state index in [9.17, 15) is 0 Å². The van der Waals surface area contributed by atoms with Gasteiger partial charge in [-0.2, -0.15) is 26.7 Å². The zero-order valence-corrected chi connectivity index (χ0v) is 13.9. The van der Waals surface area contributed by atoms with Crippen molar-refractivity contribution in [3.63, 3.8) is 0 Å². The Kier molecular flexibility index (Phi) is 7.43. The van der Waals surface area contributed by atoms with Crippen molar-refractivity contribution in [2.75, 3.05) is 48.2 Å². The smallest absolute Gasteiger partial charge is 0.231 e. The Hall–Kier alpha value is -1.24. The lowest BCUT2D eigenvalue weighted by atomic mass is 10.3. The molecule has 1 aromatic heterocycles. The molecule has 114 valence electrons. The van der Waals surface area contributed by atoms with Crippen molar-refractivity contribution >= 4 is 29.6 Å². The van der Waals surface area contributed by atoms with Gasteiger partial charge in [-0.05, 0) is 19.1 Å². The minimum atomic E-state index is 0.376. The SMILES string of the molecule is CCCNc1nc(NC(CC)CSC)nc(N(C)C)n1. The molecular weight excluding hydrogens is 272 g/mol. The van der Waals surface area contributed by atoms with E-state index in [1.807, 2.05) is 30.8 Å².